The van der Waals surface area contributed by atoms with Crippen molar-refractivity contribution in [2.45, 2.75) is 19.5 Å². The average molecular weight is 321 g/mol. The SMILES string of the molecule is Cc1[nH]ncc1CNC1C(=O)Nc2cccc(Br)c21. The van der Waals surface area contributed by atoms with E-state index in [2.05, 4.69) is 36.8 Å². The Hall–Kier alpha value is -1.66. The highest BCUT2D eigenvalue weighted by Gasteiger charge is 2.31. The molecule has 3 N–H and O–H groups in total. The number of carbonyl (C=O) groups excluding carboxylic acids is 1. The molecule has 0 spiro atoms. The zero-order valence-corrected chi connectivity index (χ0v) is 11.9. The Labute approximate surface area is 118 Å². The first-order valence-electron chi connectivity index (χ1n) is 5.98. The lowest BCUT2D eigenvalue weighted by Gasteiger charge is -2.12. The van der Waals surface area contributed by atoms with Gasteiger partial charge in [-0.05, 0) is 19.1 Å². The monoisotopic (exact) mass is 320 g/mol. The third kappa shape index (κ3) is 2.17. The molecule has 1 aromatic carbocycles. The second kappa shape index (κ2) is 4.79. The van der Waals surface area contributed by atoms with Gasteiger partial charge >= 0.3 is 0 Å². The predicted molar refractivity (Wildman–Crippen MR) is 75.7 cm³/mol. The van der Waals surface area contributed by atoms with Gasteiger partial charge in [-0.25, -0.2) is 0 Å². The topological polar surface area (TPSA) is 69.8 Å². The largest absolute Gasteiger partial charge is 0.324 e. The van der Waals surface area contributed by atoms with Crippen molar-refractivity contribution in [2.24, 2.45) is 0 Å². The van der Waals surface area contributed by atoms with Crippen LogP contribution in [0.2, 0.25) is 0 Å². The maximum atomic E-state index is 12.0. The van der Waals surface area contributed by atoms with Crippen LogP contribution in [-0.2, 0) is 11.3 Å². The fourth-order valence-corrected chi connectivity index (χ4v) is 2.83. The summed E-state index contributed by atoms with van der Waals surface area (Å²) in [5.41, 5.74) is 3.90. The number of H-pyrrole nitrogens is 1. The minimum absolute atomic E-state index is 0.0250. The Morgan fingerprint density at radius 2 is 2.32 bits per heavy atom. The molecule has 19 heavy (non-hydrogen) atoms. The number of benzene rings is 1. The zero-order chi connectivity index (χ0) is 13.4. The van der Waals surface area contributed by atoms with E-state index in [1.807, 2.05) is 25.1 Å². The van der Waals surface area contributed by atoms with E-state index in [0.29, 0.717) is 6.54 Å². The van der Waals surface area contributed by atoms with Crippen LogP contribution in [0.5, 0.6) is 0 Å². The molecule has 98 valence electrons. The first kappa shape index (κ1) is 12.4. The Kier molecular flexibility index (Phi) is 3.12. The summed E-state index contributed by atoms with van der Waals surface area (Å²) in [6.45, 7) is 2.56. The van der Waals surface area contributed by atoms with E-state index in [-0.39, 0.29) is 11.9 Å². The summed E-state index contributed by atoms with van der Waals surface area (Å²) in [6, 6.07) is 5.42. The highest BCUT2D eigenvalue weighted by molar-refractivity contribution is 9.10. The van der Waals surface area contributed by atoms with Crippen LogP contribution in [0, 0.1) is 6.92 Å². The van der Waals surface area contributed by atoms with Crippen molar-refractivity contribution in [3.05, 3.63) is 45.7 Å². The lowest BCUT2D eigenvalue weighted by Crippen LogP contribution is -2.27. The molecule has 1 aliphatic rings. The molecule has 0 saturated heterocycles. The van der Waals surface area contributed by atoms with Gasteiger partial charge in [0, 0.05) is 33.5 Å². The molecular formula is C13H13BrN4O. The van der Waals surface area contributed by atoms with Crippen LogP contribution in [0.1, 0.15) is 22.9 Å². The fourth-order valence-electron chi connectivity index (χ4n) is 2.24. The molecule has 1 aliphatic heterocycles. The predicted octanol–water partition coefficient (Wildman–Crippen LogP) is 2.26. The van der Waals surface area contributed by atoms with E-state index in [9.17, 15) is 4.79 Å². The first-order valence-corrected chi connectivity index (χ1v) is 6.77. The van der Waals surface area contributed by atoms with Crippen LogP contribution in [0.15, 0.2) is 28.9 Å². The number of halogens is 1. The van der Waals surface area contributed by atoms with Crippen molar-refractivity contribution >= 4 is 27.5 Å². The van der Waals surface area contributed by atoms with Gasteiger partial charge in [-0.2, -0.15) is 5.10 Å². The second-order valence-electron chi connectivity index (χ2n) is 4.52. The van der Waals surface area contributed by atoms with Crippen molar-refractivity contribution < 1.29 is 4.79 Å². The number of hydrogen-bond acceptors (Lipinski definition) is 3. The van der Waals surface area contributed by atoms with Gasteiger partial charge < -0.3 is 5.32 Å². The number of aromatic nitrogens is 2. The molecule has 2 heterocycles. The molecule has 5 nitrogen and oxygen atoms in total. The van der Waals surface area contributed by atoms with E-state index in [4.69, 9.17) is 0 Å². The molecule has 2 aromatic rings. The molecule has 6 heteroatoms. The van der Waals surface area contributed by atoms with E-state index in [1.165, 1.54) is 0 Å². The van der Waals surface area contributed by atoms with Crippen LogP contribution in [-0.4, -0.2) is 16.1 Å². The lowest BCUT2D eigenvalue weighted by atomic mass is 10.1. The van der Waals surface area contributed by atoms with Gasteiger partial charge in [0.25, 0.3) is 0 Å². The number of carbonyl (C=O) groups is 1. The standard InChI is InChI=1S/C13H13BrN4O/c1-7-8(6-16-18-7)5-15-12-11-9(14)3-2-4-10(11)17-13(12)19/h2-4,6,12,15H,5H2,1H3,(H,16,18)(H,17,19). The van der Waals surface area contributed by atoms with Crippen molar-refractivity contribution in [3.8, 4) is 0 Å². The molecule has 1 aromatic heterocycles. The molecule has 1 unspecified atom stereocenters. The lowest BCUT2D eigenvalue weighted by molar-refractivity contribution is -0.117. The molecule has 3 rings (SSSR count). The van der Waals surface area contributed by atoms with Crippen LogP contribution < -0.4 is 10.6 Å². The van der Waals surface area contributed by atoms with Crippen LogP contribution in [0.4, 0.5) is 5.69 Å². The van der Waals surface area contributed by atoms with E-state index >= 15 is 0 Å². The Morgan fingerprint density at radius 3 is 3.05 bits per heavy atom. The number of fused-ring (bicyclic) bond motifs is 1. The summed E-state index contributed by atoms with van der Waals surface area (Å²) >= 11 is 3.50. The molecule has 1 amide bonds. The summed E-state index contributed by atoms with van der Waals surface area (Å²) in [5.74, 6) is -0.0250. The van der Waals surface area contributed by atoms with Crippen molar-refractivity contribution in [1.82, 2.24) is 15.5 Å². The summed E-state index contributed by atoms with van der Waals surface area (Å²) < 4.78 is 0.935. The van der Waals surface area contributed by atoms with Gasteiger partial charge in [-0.3, -0.25) is 15.2 Å². The van der Waals surface area contributed by atoms with Gasteiger partial charge in [0.15, 0.2) is 0 Å². The van der Waals surface area contributed by atoms with Crippen LogP contribution >= 0.6 is 15.9 Å². The number of nitrogens with one attached hydrogen (secondary N) is 3. The first-order chi connectivity index (χ1) is 9.16. The number of nitrogens with zero attached hydrogens (tertiary/aromatic N) is 1. The minimum atomic E-state index is -0.333. The Morgan fingerprint density at radius 1 is 1.47 bits per heavy atom. The van der Waals surface area contributed by atoms with Gasteiger partial charge in [-0.1, -0.05) is 22.0 Å². The van der Waals surface area contributed by atoms with Gasteiger partial charge in [0.05, 0.1) is 6.20 Å². The summed E-state index contributed by atoms with van der Waals surface area (Å²) in [6.07, 6.45) is 1.77. The van der Waals surface area contributed by atoms with E-state index < -0.39 is 0 Å². The maximum Gasteiger partial charge on any atom is 0.246 e. The number of aryl methyl sites for hydroxylation is 1. The zero-order valence-electron chi connectivity index (χ0n) is 10.3. The minimum Gasteiger partial charge on any atom is -0.324 e. The number of anilines is 1. The molecule has 0 bridgehead atoms. The number of hydrogen-bond donors (Lipinski definition) is 3. The highest BCUT2D eigenvalue weighted by Crippen LogP contribution is 2.36. The molecule has 0 aliphatic carbocycles. The second-order valence-corrected chi connectivity index (χ2v) is 5.38. The third-order valence-corrected chi connectivity index (χ3v) is 3.98. The number of rotatable bonds is 3. The van der Waals surface area contributed by atoms with Gasteiger partial charge in [0.1, 0.15) is 6.04 Å². The molecule has 0 saturated carbocycles. The van der Waals surface area contributed by atoms with Gasteiger partial charge in [-0.15, -0.1) is 0 Å². The smallest absolute Gasteiger partial charge is 0.246 e. The van der Waals surface area contributed by atoms with Crippen LogP contribution in [0.25, 0.3) is 0 Å². The quantitative estimate of drug-likeness (QED) is 0.812. The molecule has 1 atom stereocenters. The number of amides is 1. The Bertz CT molecular complexity index is 637. The maximum absolute atomic E-state index is 12.0. The molecule has 0 fully saturated rings. The van der Waals surface area contributed by atoms with Gasteiger partial charge in [0.2, 0.25) is 5.91 Å². The average Bonchev–Trinajstić information content (AvgIpc) is 2.91. The molecular weight excluding hydrogens is 308 g/mol. The summed E-state index contributed by atoms with van der Waals surface area (Å²) in [5, 5.41) is 13.0. The fraction of sp³-hybridized carbons (Fsp3) is 0.231. The summed E-state index contributed by atoms with van der Waals surface area (Å²) in [7, 11) is 0. The normalized spacial score (nSPS) is 17.4. The molecule has 0 radical (unpaired) electrons. The Balaban J connectivity index is 1.83. The highest BCUT2D eigenvalue weighted by atomic mass is 79.9. The number of aromatic amines is 1. The van der Waals surface area contributed by atoms with E-state index in [0.717, 1.165) is 27.0 Å². The van der Waals surface area contributed by atoms with Crippen molar-refractivity contribution in [2.75, 3.05) is 5.32 Å². The third-order valence-electron chi connectivity index (χ3n) is 3.29. The van der Waals surface area contributed by atoms with E-state index in [1.54, 1.807) is 6.20 Å². The summed E-state index contributed by atoms with van der Waals surface area (Å²) in [4.78, 5) is 12.0. The van der Waals surface area contributed by atoms with Crippen molar-refractivity contribution in [1.29, 1.82) is 0 Å². The van der Waals surface area contributed by atoms with Crippen LogP contribution in [0.3, 0.4) is 0 Å². The van der Waals surface area contributed by atoms with Crippen molar-refractivity contribution in [3.63, 3.8) is 0 Å².